The standard InChI is InChI=1S/C14H16ClN3OS3/c1-3-20-13-17-18-14(22-13)21-8-12(19)16-9(2)10-6-4-5-7-11(10)15/h4-7,9H,3,8H2,1-2H3,(H,16,19). The number of nitrogens with one attached hydrogen (secondary N) is 1. The monoisotopic (exact) mass is 373 g/mol. The van der Waals surface area contributed by atoms with Gasteiger partial charge in [0, 0.05) is 5.02 Å². The van der Waals surface area contributed by atoms with Crippen LogP contribution in [-0.2, 0) is 4.79 Å². The van der Waals surface area contributed by atoms with E-state index in [9.17, 15) is 4.79 Å². The molecule has 0 aliphatic rings. The van der Waals surface area contributed by atoms with Gasteiger partial charge in [-0.3, -0.25) is 4.79 Å². The summed E-state index contributed by atoms with van der Waals surface area (Å²) in [7, 11) is 0. The Balaban J connectivity index is 1.83. The van der Waals surface area contributed by atoms with E-state index in [2.05, 4.69) is 22.4 Å². The molecule has 0 aliphatic heterocycles. The normalized spacial score (nSPS) is 12.1. The summed E-state index contributed by atoms with van der Waals surface area (Å²) >= 11 is 10.7. The maximum absolute atomic E-state index is 12.0. The van der Waals surface area contributed by atoms with E-state index >= 15 is 0 Å². The number of amides is 1. The van der Waals surface area contributed by atoms with E-state index in [0.29, 0.717) is 10.8 Å². The van der Waals surface area contributed by atoms with Gasteiger partial charge in [-0.05, 0) is 24.3 Å². The predicted molar refractivity (Wildman–Crippen MR) is 95.0 cm³/mol. The van der Waals surface area contributed by atoms with Crippen molar-refractivity contribution in [2.75, 3.05) is 11.5 Å². The number of carbonyl (C=O) groups is 1. The number of benzene rings is 1. The molecule has 1 unspecified atom stereocenters. The number of halogens is 1. The number of rotatable bonds is 7. The molecule has 0 bridgehead atoms. The van der Waals surface area contributed by atoms with Crippen molar-refractivity contribution >= 4 is 52.4 Å². The van der Waals surface area contributed by atoms with Crippen LogP contribution in [0.2, 0.25) is 5.02 Å². The highest BCUT2D eigenvalue weighted by atomic mass is 35.5. The molecule has 1 aromatic carbocycles. The van der Waals surface area contributed by atoms with Crippen molar-refractivity contribution < 1.29 is 4.79 Å². The molecular weight excluding hydrogens is 358 g/mol. The molecule has 0 saturated carbocycles. The Bertz CT molecular complexity index is 635. The van der Waals surface area contributed by atoms with E-state index < -0.39 is 0 Å². The topological polar surface area (TPSA) is 54.9 Å². The summed E-state index contributed by atoms with van der Waals surface area (Å²) in [5.74, 6) is 1.24. The average molecular weight is 374 g/mol. The molecule has 0 saturated heterocycles. The minimum absolute atomic E-state index is 0.0442. The first-order valence-electron chi connectivity index (χ1n) is 6.73. The van der Waals surface area contributed by atoms with Crippen LogP contribution in [0, 0.1) is 0 Å². The van der Waals surface area contributed by atoms with Crippen molar-refractivity contribution in [2.24, 2.45) is 0 Å². The molecule has 1 N–H and O–H groups in total. The lowest BCUT2D eigenvalue weighted by atomic mass is 10.1. The van der Waals surface area contributed by atoms with E-state index in [1.54, 1.807) is 11.8 Å². The zero-order valence-corrected chi connectivity index (χ0v) is 15.4. The third-order valence-electron chi connectivity index (χ3n) is 2.73. The molecule has 4 nitrogen and oxygen atoms in total. The third kappa shape index (κ3) is 5.15. The molecule has 0 spiro atoms. The van der Waals surface area contributed by atoms with Crippen molar-refractivity contribution in [3.8, 4) is 0 Å². The van der Waals surface area contributed by atoms with Gasteiger partial charge in [0.05, 0.1) is 11.8 Å². The number of aromatic nitrogens is 2. The Morgan fingerprint density at radius 1 is 1.32 bits per heavy atom. The zero-order valence-electron chi connectivity index (χ0n) is 12.2. The van der Waals surface area contributed by atoms with Gasteiger partial charge in [0.1, 0.15) is 0 Å². The highest BCUT2D eigenvalue weighted by Crippen LogP contribution is 2.28. The van der Waals surface area contributed by atoms with Crippen molar-refractivity contribution in [2.45, 2.75) is 28.6 Å². The molecule has 0 radical (unpaired) electrons. The van der Waals surface area contributed by atoms with Crippen LogP contribution in [0.4, 0.5) is 0 Å². The van der Waals surface area contributed by atoms with E-state index in [1.165, 1.54) is 23.1 Å². The van der Waals surface area contributed by atoms with Crippen LogP contribution in [0.3, 0.4) is 0 Å². The minimum atomic E-state index is -0.123. The number of thioether (sulfide) groups is 2. The smallest absolute Gasteiger partial charge is 0.230 e. The molecule has 2 aromatic rings. The van der Waals surface area contributed by atoms with Crippen LogP contribution in [0.5, 0.6) is 0 Å². The van der Waals surface area contributed by atoms with Crippen LogP contribution in [-0.4, -0.2) is 27.6 Å². The molecule has 1 atom stereocenters. The predicted octanol–water partition coefficient (Wildman–Crippen LogP) is 4.27. The number of carbonyl (C=O) groups excluding carboxylic acids is 1. The number of nitrogens with zero attached hydrogens (tertiary/aromatic N) is 2. The van der Waals surface area contributed by atoms with E-state index in [0.717, 1.165) is 20.0 Å². The fourth-order valence-electron chi connectivity index (χ4n) is 1.75. The van der Waals surface area contributed by atoms with E-state index in [-0.39, 0.29) is 11.9 Å². The van der Waals surface area contributed by atoms with E-state index in [1.807, 2.05) is 31.2 Å². The molecule has 118 valence electrons. The molecule has 22 heavy (non-hydrogen) atoms. The Morgan fingerprint density at radius 2 is 2.00 bits per heavy atom. The fraction of sp³-hybridized carbons (Fsp3) is 0.357. The highest BCUT2D eigenvalue weighted by molar-refractivity contribution is 8.03. The van der Waals surface area contributed by atoms with Crippen LogP contribution in [0.1, 0.15) is 25.5 Å². The second kappa shape index (κ2) is 8.76. The summed E-state index contributed by atoms with van der Waals surface area (Å²) in [6.45, 7) is 3.99. The summed E-state index contributed by atoms with van der Waals surface area (Å²) < 4.78 is 1.76. The summed E-state index contributed by atoms with van der Waals surface area (Å²) in [5, 5.41) is 11.7. The molecule has 8 heteroatoms. The summed E-state index contributed by atoms with van der Waals surface area (Å²) in [5.41, 5.74) is 0.917. The second-order valence-electron chi connectivity index (χ2n) is 4.37. The fourth-order valence-corrected chi connectivity index (χ4v) is 4.78. The highest BCUT2D eigenvalue weighted by Gasteiger charge is 2.13. The van der Waals surface area contributed by atoms with Crippen molar-refractivity contribution in [1.82, 2.24) is 15.5 Å². The zero-order chi connectivity index (χ0) is 15.9. The molecule has 2 rings (SSSR count). The van der Waals surface area contributed by atoms with Crippen molar-refractivity contribution in [3.05, 3.63) is 34.9 Å². The first kappa shape index (κ1) is 17.6. The maximum Gasteiger partial charge on any atom is 0.230 e. The molecule has 1 aromatic heterocycles. The lowest BCUT2D eigenvalue weighted by molar-refractivity contribution is -0.119. The third-order valence-corrected chi connectivity index (χ3v) is 6.15. The molecule has 1 heterocycles. The summed E-state index contributed by atoms with van der Waals surface area (Å²) in [6, 6.07) is 7.40. The molecular formula is C14H16ClN3OS3. The van der Waals surface area contributed by atoms with Gasteiger partial charge in [0.25, 0.3) is 0 Å². The van der Waals surface area contributed by atoms with Gasteiger partial charge in [-0.25, -0.2) is 0 Å². The van der Waals surface area contributed by atoms with Crippen molar-refractivity contribution in [3.63, 3.8) is 0 Å². The Labute approximate surface area is 147 Å². The van der Waals surface area contributed by atoms with E-state index in [4.69, 9.17) is 11.6 Å². The largest absolute Gasteiger partial charge is 0.349 e. The Kier molecular flexibility index (Phi) is 7.01. The number of hydrogen-bond acceptors (Lipinski definition) is 6. The van der Waals surface area contributed by atoms with Gasteiger partial charge in [0.15, 0.2) is 8.68 Å². The molecule has 0 fully saturated rings. The van der Waals surface area contributed by atoms with Gasteiger partial charge in [-0.15, -0.1) is 10.2 Å². The van der Waals surface area contributed by atoms with Gasteiger partial charge < -0.3 is 5.32 Å². The Morgan fingerprint density at radius 3 is 2.68 bits per heavy atom. The second-order valence-corrected chi connectivity index (χ2v) is 8.48. The summed E-state index contributed by atoms with van der Waals surface area (Å²) in [4.78, 5) is 12.0. The Hall–Kier alpha value is -0.760. The quantitative estimate of drug-likeness (QED) is 0.734. The number of hydrogen-bond donors (Lipinski definition) is 1. The van der Waals surface area contributed by atoms with Gasteiger partial charge in [0.2, 0.25) is 5.91 Å². The van der Waals surface area contributed by atoms with Gasteiger partial charge >= 0.3 is 0 Å². The van der Waals surface area contributed by atoms with Crippen LogP contribution in [0.25, 0.3) is 0 Å². The average Bonchev–Trinajstić information content (AvgIpc) is 2.93. The lowest BCUT2D eigenvalue weighted by Gasteiger charge is -2.15. The first-order valence-corrected chi connectivity index (χ1v) is 9.89. The van der Waals surface area contributed by atoms with Crippen LogP contribution in [0.15, 0.2) is 32.9 Å². The SMILES string of the molecule is CCSc1nnc(SCC(=O)NC(C)c2ccccc2Cl)s1. The van der Waals surface area contributed by atoms with Crippen molar-refractivity contribution in [1.29, 1.82) is 0 Å². The summed E-state index contributed by atoms with van der Waals surface area (Å²) in [6.07, 6.45) is 0. The molecule has 1 amide bonds. The van der Waals surface area contributed by atoms with Crippen LogP contribution < -0.4 is 5.32 Å². The maximum atomic E-state index is 12.0. The van der Waals surface area contributed by atoms with Crippen LogP contribution >= 0.6 is 46.5 Å². The minimum Gasteiger partial charge on any atom is -0.349 e. The first-order chi connectivity index (χ1) is 10.6. The van der Waals surface area contributed by atoms with Gasteiger partial charge in [-0.1, -0.05) is 71.6 Å². The molecule has 0 aliphatic carbocycles. The lowest BCUT2D eigenvalue weighted by Crippen LogP contribution is -2.28. The van der Waals surface area contributed by atoms with Gasteiger partial charge in [-0.2, -0.15) is 0 Å².